The van der Waals surface area contributed by atoms with E-state index in [-0.39, 0.29) is 29.0 Å². The third-order valence-corrected chi connectivity index (χ3v) is 4.68. The molecular formula is C20H26N2O4. The van der Waals surface area contributed by atoms with Crippen molar-refractivity contribution in [1.82, 2.24) is 10.6 Å². The topological polar surface area (TPSA) is 84.5 Å². The molecule has 0 spiro atoms. The van der Waals surface area contributed by atoms with Gasteiger partial charge in [-0.15, -0.1) is 0 Å². The fourth-order valence-corrected chi connectivity index (χ4v) is 3.53. The lowest BCUT2D eigenvalue weighted by molar-refractivity contribution is -0.122. The maximum absolute atomic E-state index is 12.3. The highest BCUT2D eigenvalue weighted by molar-refractivity contribution is 5.91. The molecule has 2 aromatic rings. The van der Waals surface area contributed by atoms with Crippen LogP contribution in [0, 0.1) is 12.3 Å². The number of nitrogens with one attached hydrogen (secondary N) is 2. The van der Waals surface area contributed by atoms with Gasteiger partial charge in [-0.1, -0.05) is 13.8 Å². The van der Waals surface area contributed by atoms with Gasteiger partial charge in [0.15, 0.2) is 5.76 Å². The SMILES string of the molecule is Cc1cc2c(o1)CC(C)(C)C[C@H]2NC(=O)CCCNC(=O)c1ccco1. The minimum absolute atomic E-state index is 0.00949. The van der Waals surface area contributed by atoms with Crippen molar-refractivity contribution in [3.05, 3.63) is 47.3 Å². The zero-order valence-electron chi connectivity index (χ0n) is 15.6. The molecule has 2 heterocycles. The molecule has 1 atom stereocenters. The summed E-state index contributed by atoms with van der Waals surface area (Å²) in [5.74, 6) is 1.87. The fraction of sp³-hybridized carbons (Fsp3) is 0.500. The van der Waals surface area contributed by atoms with E-state index in [1.165, 1.54) is 6.26 Å². The van der Waals surface area contributed by atoms with E-state index in [1.807, 2.05) is 13.0 Å². The fourth-order valence-electron chi connectivity index (χ4n) is 3.53. The van der Waals surface area contributed by atoms with Crippen molar-refractivity contribution in [3.63, 3.8) is 0 Å². The van der Waals surface area contributed by atoms with Gasteiger partial charge in [-0.2, -0.15) is 0 Å². The molecule has 0 aromatic carbocycles. The Balaban J connectivity index is 1.48. The van der Waals surface area contributed by atoms with Crippen LogP contribution >= 0.6 is 0 Å². The van der Waals surface area contributed by atoms with Crippen molar-refractivity contribution in [2.45, 2.75) is 52.5 Å². The lowest BCUT2D eigenvalue weighted by atomic mass is 9.74. The Labute approximate surface area is 153 Å². The zero-order chi connectivity index (χ0) is 18.7. The van der Waals surface area contributed by atoms with E-state index in [2.05, 4.69) is 24.5 Å². The number of furan rings is 2. The van der Waals surface area contributed by atoms with Crippen LogP contribution in [-0.2, 0) is 11.2 Å². The van der Waals surface area contributed by atoms with Gasteiger partial charge in [0.1, 0.15) is 11.5 Å². The summed E-state index contributed by atoms with van der Waals surface area (Å²) < 4.78 is 10.8. The van der Waals surface area contributed by atoms with Crippen molar-refractivity contribution in [1.29, 1.82) is 0 Å². The molecule has 2 amide bonds. The summed E-state index contributed by atoms with van der Waals surface area (Å²) in [7, 11) is 0. The predicted octanol–water partition coefficient (Wildman–Crippen LogP) is 3.52. The number of carbonyl (C=O) groups is 2. The molecule has 140 valence electrons. The number of rotatable bonds is 6. The number of aryl methyl sites for hydroxylation is 1. The van der Waals surface area contributed by atoms with Crippen LogP contribution in [0.5, 0.6) is 0 Å². The van der Waals surface area contributed by atoms with Crippen LogP contribution in [0.1, 0.15) is 66.8 Å². The normalized spacial score (nSPS) is 18.2. The molecule has 0 radical (unpaired) electrons. The van der Waals surface area contributed by atoms with E-state index in [9.17, 15) is 9.59 Å². The molecule has 6 heteroatoms. The summed E-state index contributed by atoms with van der Waals surface area (Å²) in [6.07, 6.45) is 4.17. The summed E-state index contributed by atoms with van der Waals surface area (Å²) in [4.78, 5) is 24.1. The average molecular weight is 358 g/mol. The Hall–Kier alpha value is -2.50. The van der Waals surface area contributed by atoms with Crippen LogP contribution < -0.4 is 10.6 Å². The minimum Gasteiger partial charge on any atom is -0.466 e. The second kappa shape index (κ2) is 7.40. The molecular weight excluding hydrogens is 332 g/mol. The smallest absolute Gasteiger partial charge is 0.286 e. The van der Waals surface area contributed by atoms with E-state index in [1.54, 1.807) is 12.1 Å². The lowest BCUT2D eigenvalue weighted by Crippen LogP contribution is -2.36. The van der Waals surface area contributed by atoms with E-state index < -0.39 is 0 Å². The van der Waals surface area contributed by atoms with Crippen LogP contribution in [0.4, 0.5) is 0 Å². The molecule has 1 aliphatic rings. The highest BCUT2D eigenvalue weighted by atomic mass is 16.3. The lowest BCUT2D eigenvalue weighted by Gasteiger charge is -2.34. The Bertz CT molecular complexity index is 774. The van der Waals surface area contributed by atoms with E-state index >= 15 is 0 Å². The summed E-state index contributed by atoms with van der Waals surface area (Å²) in [5.41, 5.74) is 1.19. The van der Waals surface area contributed by atoms with Gasteiger partial charge in [-0.25, -0.2) is 0 Å². The Kier molecular flexibility index (Phi) is 5.20. The van der Waals surface area contributed by atoms with Crippen molar-refractivity contribution in [2.75, 3.05) is 6.54 Å². The third-order valence-electron chi connectivity index (χ3n) is 4.68. The van der Waals surface area contributed by atoms with Gasteiger partial charge in [0.25, 0.3) is 5.91 Å². The third kappa shape index (κ3) is 4.36. The predicted molar refractivity (Wildman–Crippen MR) is 96.7 cm³/mol. The van der Waals surface area contributed by atoms with Crippen molar-refractivity contribution in [3.8, 4) is 0 Å². The molecule has 2 N–H and O–H groups in total. The van der Waals surface area contributed by atoms with Crippen LogP contribution in [0.3, 0.4) is 0 Å². The van der Waals surface area contributed by atoms with Gasteiger partial charge in [0, 0.05) is 24.9 Å². The standard InChI is InChI=1S/C20H26N2O4/c1-13-10-14-15(11-20(2,3)12-17(14)26-13)22-18(23)7-4-8-21-19(24)16-6-5-9-25-16/h5-6,9-10,15H,4,7-8,11-12H2,1-3H3,(H,21,24)(H,22,23)/t15-/m1/s1. The minimum atomic E-state index is -0.261. The van der Waals surface area contributed by atoms with Crippen LogP contribution in [0.2, 0.25) is 0 Å². The van der Waals surface area contributed by atoms with Crippen LogP contribution in [0.25, 0.3) is 0 Å². The maximum atomic E-state index is 12.3. The van der Waals surface area contributed by atoms with Gasteiger partial charge >= 0.3 is 0 Å². The molecule has 3 rings (SSSR count). The molecule has 0 unspecified atom stereocenters. The Morgan fingerprint density at radius 2 is 2.15 bits per heavy atom. The molecule has 0 fully saturated rings. The molecule has 26 heavy (non-hydrogen) atoms. The molecule has 6 nitrogen and oxygen atoms in total. The molecule has 0 saturated heterocycles. The number of hydrogen-bond donors (Lipinski definition) is 2. The average Bonchev–Trinajstić information content (AvgIpc) is 3.19. The summed E-state index contributed by atoms with van der Waals surface area (Å²) in [6, 6.07) is 5.28. The summed E-state index contributed by atoms with van der Waals surface area (Å²) in [6.45, 7) is 6.75. The molecule has 2 aromatic heterocycles. The van der Waals surface area contributed by atoms with E-state index in [4.69, 9.17) is 8.83 Å². The molecule has 0 saturated carbocycles. The van der Waals surface area contributed by atoms with E-state index in [0.717, 1.165) is 29.9 Å². The largest absolute Gasteiger partial charge is 0.466 e. The number of fused-ring (bicyclic) bond motifs is 1. The first-order chi connectivity index (χ1) is 12.3. The summed E-state index contributed by atoms with van der Waals surface area (Å²) >= 11 is 0. The van der Waals surface area contributed by atoms with Crippen LogP contribution in [-0.4, -0.2) is 18.4 Å². The Morgan fingerprint density at radius 3 is 2.88 bits per heavy atom. The second-order valence-corrected chi connectivity index (χ2v) is 7.74. The monoisotopic (exact) mass is 358 g/mol. The number of hydrogen-bond acceptors (Lipinski definition) is 4. The van der Waals surface area contributed by atoms with Crippen LogP contribution in [0.15, 0.2) is 33.3 Å². The zero-order valence-corrected chi connectivity index (χ0v) is 15.6. The van der Waals surface area contributed by atoms with Crippen molar-refractivity contribution >= 4 is 11.8 Å². The second-order valence-electron chi connectivity index (χ2n) is 7.74. The Morgan fingerprint density at radius 1 is 1.35 bits per heavy atom. The first-order valence-electron chi connectivity index (χ1n) is 9.04. The highest BCUT2D eigenvalue weighted by Gasteiger charge is 2.35. The number of carbonyl (C=O) groups excluding carboxylic acids is 2. The van der Waals surface area contributed by atoms with Gasteiger partial charge in [-0.05, 0) is 43.4 Å². The van der Waals surface area contributed by atoms with Gasteiger partial charge in [0.05, 0.1) is 12.3 Å². The van der Waals surface area contributed by atoms with Crippen molar-refractivity contribution < 1.29 is 18.4 Å². The van der Waals surface area contributed by atoms with E-state index in [0.29, 0.717) is 19.4 Å². The maximum Gasteiger partial charge on any atom is 0.286 e. The summed E-state index contributed by atoms with van der Waals surface area (Å²) in [5, 5.41) is 5.88. The molecule has 1 aliphatic carbocycles. The van der Waals surface area contributed by atoms with Crippen molar-refractivity contribution in [2.24, 2.45) is 5.41 Å². The first kappa shape index (κ1) is 18.3. The highest BCUT2D eigenvalue weighted by Crippen LogP contribution is 2.42. The van der Waals surface area contributed by atoms with Gasteiger partial charge in [0.2, 0.25) is 5.91 Å². The molecule has 0 aliphatic heterocycles. The van der Waals surface area contributed by atoms with Gasteiger partial charge in [-0.3, -0.25) is 9.59 Å². The van der Waals surface area contributed by atoms with Gasteiger partial charge < -0.3 is 19.5 Å². The quantitative estimate of drug-likeness (QED) is 0.774. The molecule has 0 bridgehead atoms. The first-order valence-corrected chi connectivity index (χ1v) is 9.04. The number of amides is 2.